The largest absolute Gasteiger partial charge is 0.337 e. The van der Waals surface area contributed by atoms with Crippen molar-refractivity contribution < 1.29 is 22.8 Å². The lowest BCUT2D eigenvalue weighted by Gasteiger charge is -2.21. The summed E-state index contributed by atoms with van der Waals surface area (Å²) in [5.74, 6) is -5.60. The minimum Gasteiger partial charge on any atom is -0.337 e. The average molecular weight is 379 g/mol. The summed E-state index contributed by atoms with van der Waals surface area (Å²) in [5, 5.41) is 2.17. The quantitative estimate of drug-likeness (QED) is 0.740. The van der Waals surface area contributed by atoms with E-state index >= 15 is 0 Å². The molecule has 1 heterocycles. The Morgan fingerprint density at radius 3 is 2.33 bits per heavy atom. The Kier molecular flexibility index (Phi) is 6.92. The molecule has 2 amide bonds. The van der Waals surface area contributed by atoms with E-state index in [1.165, 1.54) is 18.3 Å². The van der Waals surface area contributed by atoms with Gasteiger partial charge in [-0.2, -0.15) is 0 Å². The lowest BCUT2D eigenvalue weighted by molar-refractivity contribution is 0.0749. The highest BCUT2D eigenvalue weighted by Gasteiger charge is 2.19. The minimum atomic E-state index is -1.67. The van der Waals surface area contributed by atoms with Crippen LogP contribution in [0.3, 0.4) is 0 Å². The molecule has 0 bridgehead atoms. The van der Waals surface area contributed by atoms with E-state index in [1.54, 1.807) is 4.90 Å². The molecule has 144 valence electrons. The molecule has 1 aromatic carbocycles. The van der Waals surface area contributed by atoms with Crippen LogP contribution >= 0.6 is 0 Å². The van der Waals surface area contributed by atoms with Crippen molar-refractivity contribution in [2.24, 2.45) is 0 Å². The molecule has 0 radical (unpaired) electrons. The molecule has 1 aromatic heterocycles. The molecule has 8 heteroatoms. The van der Waals surface area contributed by atoms with E-state index in [-0.39, 0.29) is 17.2 Å². The van der Waals surface area contributed by atoms with Crippen molar-refractivity contribution in [3.8, 4) is 0 Å². The third-order valence-electron chi connectivity index (χ3n) is 3.80. The van der Waals surface area contributed by atoms with Crippen LogP contribution in [0.25, 0.3) is 0 Å². The number of anilines is 1. The zero-order valence-corrected chi connectivity index (χ0v) is 15.1. The molecule has 0 fully saturated rings. The first kappa shape index (κ1) is 20.4. The normalized spacial score (nSPS) is 10.6. The summed E-state index contributed by atoms with van der Waals surface area (Å²) in [6, 6.07) is 4.26. The number of nitrogens with one attached hydrogen (secondary N) is 1. The van der Waals surface area contributed by atoms with E-state index in [0.29, 0.717) is 19.2 Å². The first-order chi connectivity index (χ1) is 12.9. The molecule has 5 nitrogen and oxygen atoms in total. The van der Waals surface area contributed by atoms with Crippen LogP contribution in [-0.2, 0) is 0 Å². The summed E-state index contributed by atoms with van der Waals surface area (Å²) in [5.41, 5.74) is -0.372. The van der Waals surface area contributed by atoms with E-state index in [4.69, 9.17) is 0 Å². The average Bonchev–Trinajstić information content (AvgIpc) is 2.67. The third kappa shape index (κ3) is 4.84. The first-order valence-corrected chi connectivity index (χ1v) is 8.59. The van der Waals surface area contributed by atoms with Crippen molar-refractivity contribution in [1.29, 1.82) is 0 Å². The van der Waals surface area contributed by atoms with Gasteiger partial charge in [-0.3, -0.25) is 14.6 Å². The smallest absolute Gasteiger partial charge is 0.272 e. The summed E-state index contributed by atoms with van der Waals surface area (Å²) in [4.78, 5) is 30.5. The van der Waals surface area contributed by atoms with Gasteiger partial charge in [0.15, 0.2) is 17.5 Å². The SMILES string of the molecule is CCCN(CCC)C(=O)c1cc(C(=O)Nc2ccc(F)c(F)c2F)ccn1. The molecular weight excluding hydrogens is 359 g/mol. The van der Waals surface area contributed by atoms with E-state index in [0.717, 1.165) is 18.9 Å². The fourth-order valence-electron chi connectivity index (χ4n) is 2.52. The predicted molar refractivity (Wildman–Crippen MR) is 95.0 cm³/mol. The second-order valence-corrected chi connectivity index (χ2v) is 5.90. The number of amides is 2. The first-order valence-electron chi connectivity index (χ1n) is 8.59. The number of rotatable bonds is 7. The molecule has 2 aromatic rings. The number of carbonyl (C=O) groups excluding carboxylic acids is 2. The van der Waals surface area contributed by atoms with Gasteiger partial charge in [-0.05, 0) is 37.1 Å². The maximum atomic E-state index is 13.7. The highest BCUT2D eigenvalue weighted by Crippen LogP contribution is 2.20. The third-order valence-corrected chi connectivity index (χ3v) is 3.80. The van der Waals surface area contributed by atoms with E-state index in [9.17, 15) is 22.8 Å². The number of benzene rings is 1. The van der Waals surface area contributed by atoms with Gasteiger partial charge in [0.2, 0.25) is 0 Å². The number of halogens is 3. The summed E-state index contributed by atoms with van der Waals surface area (Å²) in [6.07, 6.45) is 2.85. The second kappa shape index (κ2) is 9.16. The van der Waals surface area contributed by atoms with Crippen LogP contribution in [0.5, 0.6) is 0 Å². The fraction of sp³-hybridized carbons (Fsp3) is 0.316. The Morgan fingerprint density at radius 2 is 1.70 bits per heavy atom. The maximum Gasteiger partial charge on any atom is 0.272 e. The summed E-state index contributed by atoms with van der Waals surface area (Å²) >= 11 is 0. The monoisotopic (exact) mass is 379 g/mol. The topological polar surface area (TPSA) is 62.3 Å². The lowest BCUT2D eigenvalue weighted by atomic mass is 10.2. The molecule has 0 aliphatic heterocycles. The van der Waals surface area contributed by atoms with Crippen molar-refractivity contribution in [2.75, 3.05) is 18.4 Å². The number of hydrogen-bond donors (Lipinski definition) is 1. The molecule has 0 aliphatic rings. The fourth-order valence-corrected chi connectivity index (χ4v) is 2.52. The molecule has 2 rings (SSSR count). The summed E-state index contributed by atoms with van der Waals surface area (Å²) in [6.45, 7) is 5.02. The lowest BCUT2D eigenvalue weighted by Crippen LogP contribution is -2.33. The molecule has 0 saturated heterocycles. The van der Waals surface area contributed by atoms with Gasteiger partial charge >= 0.3 is 0 Å². The van der Waals surface area contributed by atoms with Crippen LogP contribution in [0.1, 0.15) is 47.5 Å². The van der Waals surface area contributed by atoms with Gasteiger partial charge in [0.25, 0.3) is 11.8 Å². The van der Waals surface area contributed by atoms with Crippen LogP contribution in [-0.4, -0.2) is 34.8 Å². The van der Waals surface area contributed by atoms with Crippen molar-refractivity contribution in [3.05, 3.63) is 59.2 Å². The molecule has 0 aliphatic carbocycles. The molecule has 1 N–H and O–H groups in total. The molecule has 0 saturated carbocycles. The zero-order chi connectivity index (χ0) is 20.0. The summed E-state index contributed by atoms with van der Waals surface area (Å²) < 4.78 is 40.0. The zero-order valence-electron chi connectivity index (χ0n) is 15.1. The number of hydrogen-bond acceptors (Lipinski definition) is 3. The van der Waals surface area contributed by atoms with E-state index in [1.807, 2.05) is 13.8 Å². The van der Waals surface area contributed by atoms with Crippen LogP contribution in [0.15, 0.2) is 30.5 Å². The molecule has 0 atom stereocenters. The van der Waals surface area contributed by atoms with Gasteiger partial charge < -0.3 is 10.2 Å². The van der Waals surface area contributed by atoms with Crippen LogP contribution in [0.2, 0.25) is 0 Å². The minimum absolute atomic E-state index is 0.0467. The van der Waals surface area contributed by atoms with Gasteiger partial charge in [-0.15, -0.1) is 0 Å². The van der Waals surface area contributed by atoms with Gasteiger partial charge in [0, 0.05) is 24.8 Å². The van der Waals surface area contributed by atoms with Gasteiger partial charge in [-0.25, -0.2) is 13.2 Å². The van der Waals surface area contributed by atoms with Gasteiger partial charge in [0.1, 0.15) is 5.69 Å². The Hall–Kier alpha value is -2.90. The Morgan fingerprint density at radius 1 is 1.04 bits per heavy atom. The molecule has 0 spiro atoms. The van der Waals surface area contributed by atoms with E-state index in [2.05, 4.69) is 10.3 Å². The standard InChI is InChI=1S/C19H20F3N3O2/c1-3-9-25(10-4-2)19(27)15-11-12(7-8-23-15)18(26)24-14-6-5-13(20)16(21)17(14)22/h5-8,11H,3-4,9-10H2,1-2H3,(H,24,26). The van der Waals surface area contributed by atoms with Gasteiger partial charge in [0.05, 0.1) is 5.69 Å². The molecule has 27 heavy (non-hydrogen) atoms. The highest BCUT2D eigenvalue weighted by atomic mass is 19.2. The molecular formula is C19H20F3N3O2. The van der Waals surface area contributed by atoms with Crippen molar-refractivity contribution in [1.82, 2.24) is 9.88 Å². The second-order valence-electron chi connectivity index (χ2n) is 5.90. The highest BCUT2D eigenvalue weighted by molar-refractivity contribution is 6.05. The number of nitrogens with zero attached hydrogens (tertiary/aromatic N) is 2. The number of aromatic nitrogens is 1. The Balaban J connectivity index is 2.22. The van der Waals surface area contributed by atoms with Crippen LogP contribution in [0, 0.1) is 17.5 Å². The van der Waals surface area contributed by atoms with Crippen molar-refractivity contribution in [3.63, 3.8) is 0 Å². The number of carbonyl (C=O) groups is 2. The van der Waals surface area contributed by atoms with Crippen molar-refractivity contribution in [2.45, 2.75) is 26.7 Å². The maximum absolute atomic E-state index is 13.7. The predicted octanol–water partition coefficient (Wildman–Crippen LogP) is 4.01. The van der Waals surface area contributed by atoms with Crippen LogP contribution in [0.4, 0.5) is 18.9 Å². The van der Waals surface area contributed by atoms with Gasteiger partial charge in [-0.1, -0.05) is 13.8 Å². The summed E-state index contributed by atoms with van der Waals surface area (Å²) in [7, 11) is 0. The van der Waals surface area contributed by atoms with Crippen molar-refractivity contribution >= 4 is 17.5 Å². The van der Waals surface area contributed by atoms with Crippen LogP contribution < -0.4 is 5.32 Å². The van der Waals surface area contributed by atoms with E-state index < -0.39 is 29.0 Å². The number of pyridine rings is 1. The Bertz CT molecular complexity index is 837. The Labute approximate surface area is 155 Å². The molecule has 0 unspecified atom stereocenters.